The van der Waals surface area contributed by atoms with E-state index < -0.39 is 0 Å². The van der Waals surface area contributed by atoms with Crippen LogP contribution in [0.15, 0.2) is 18.2 Å². The molecule has 0 bridgehead atoms. The number of hydrogen-bond donors (Lipinski definition) is 1. The van der Waals surface area contributed by atoms with Crippen molar-refractivity contribution in [2.75, 3.05) is 7.11 Å². The smallest absolute Gasteiger partial charge is 0.178 e. The lowest BCUT2D eigenvalue weighted by atomic mass is 10.00. The van der Waals surface area contributed by atoms with Gasteiger partial charge < -0.3 is 14.3 Å². The van der Waals surface area contributed by atoms with Crippen molar-refractivity contribution < 1.29 is 4.74 Å². The molecule has 1 fully saturated rings. The van der Waals surface area contributed by atoms with E-state index in [0.717, 1.165) is 21.6 Å². The summed E-state index contributed by atoms with van der Waals surface area (Å²) in [6, 6.07) is 6.11. The lowest BCUT2D eigenvalue weighted by Gasteiger charge is -2.26. The first-order valence-electron chi connectivity index (χ1n) is 6.44. The zero-order chi connectivity index (χ0) is 12.8. The number of hydrogen-bond acceptors (Lipinski definition) is 2. The van der Waals surface area contributed by atoms with Crippen molar-refractivity contribution >= 4 is 23.3 Å². The molecule has 18 heavy (non-hydrogen) atoms. The van der Waals surface area contributed by atoms with Crippen molar-refractivity contribution in [3.63, 3.8) is 0 Å². The minimum absolute atomic E-state index is 0.154. The van der Waals surface area contributed by atoms with Gasteiger partial charge in [-0.1, -0.05) is 18.9 Å². The third kappa shape index (κ3) is 1.59. The molecule has 96 valence electrons. The van der Waals surface area contributed by atoms with Crippen LogP contribution < -0.4 is 4.74 Å². The van der Waals surface area contributed by atoms with Crippen LogP contribution in [0.3, 0.4) is 0 Å². The van der Waals surface area contributed by atoms with E-state index in [1.807, 2.05) is 12.1 Å². The number of methoxy groups -OCH3 is 1. The minimum Gasteiger partial charge on any atom is -0.494 e. The van der Waals surface area contributed by atoms with Crippen LogP contribution in [0.25, 0.3) is 11.0 Å². The van der Waals surface area contributed by atoms with Gasteiger partial charge in [-0.25, -0.2) is 0 Å². The van der Waals surface area contributed by atoms with Crippen LogP contribution in [-0.4, -0.2) is 16.7 Å². The fraction of sp³-hybridized carbons (Fsp3) is 0.500. The number of benzene rings is 1. The number of nitrogens with one attached hydrogen (secondary N) is 1. The molecule has 0 radical (unpaired) electrons. The number of fused-ring (bicyclic) bond motifs is 1. The summed E-state index contributed by atoms with van der Waals surface area (Å²) >= 11 is 5.52. The van der Waals surface area contributed by atoms with Gasteiger partial charge in [-0.3, -0.25) is 0 Å². The second-order valence-corrected chi connectivity index (χ2v) is 5.71. The molecule has 3 rings (SSSR count). The molecule has 0 atom stereocenters. The lowest BCUT2D eigenvalue weighted by Crippen LogP contribution is -2.26. The molecule has 1 aliphatic carbocycles. The van der Waals surface area contributed by atoms with Gasteiger partial charge in [0.1, 0.15) is 11.3 Å². The summed E-state index contributed by atoms with van der Waals surface area (Å²) in [5.74, 6) is 0.860. The number of aromatic amines is 1. The van der Waals surface area contributed by atoms with Gasteiger partial charge in [-0.2, -0.15) is 0 Å². The monoisotopic (exact) mass is 262 g/mol. The van der Waals surface area contributed by atoms with E-state index in [9.17, 15) is 0 Å². The predicted octanol–water partition coefficient (Wildman–Crippen LogP) is 4.00. The second kappa shape index (κ2) is 4.12. The van der Waals surface area contributed by atoms with Gasteiger partial charge in [0, 0.05) is 5.54 Å². The van der Waals surface area contributed by atoms with Crippen LogP contribution >= 0.6 is 12.2 Å². The topological polar surface area (TPSA) is 29.9 Å². The Morgan fingerprint density at radius 2 is 2.06 bits per heavy atom. The fourth-order valence-electron chi connectivity index (χ4n) is 3.17. The van der Waals surface area contributed by atoms with Crippen molar-refractivity contribution in [3.8, 4) is 5.75 Å². The molecular weight excluding hydrogens is 244 g/mol. The number of aromatic nitrogens is 2. The first-order chi connectivity index (χ1) is 8.65. The highest BCUT2D eigenvalue weighted by atomic mass is 32.1. The maximum absolute atomic E-state index is 5.52. The van der Waals surface area contributed by atoms with E-state index in [4.69, 9.17) is 17.0 Å². The van der Waals surface area contributed by atoms with Crippen LogP contribution in [0.2, 0.25) is 0 Å². The van der Waals surface area contributed by atoms with Gasteiger partial charge in [0.15, 0.2) is 4.77 Å². The quantitative estimate of drug-likeness (QED) is 0.829. The number of ether oxygens (including phenoxy) is 1. The molecule has 1 aliphatic rings. The van der Waals surface area contributed by atoms with Crippen molar-refractivity contribution in [1.29, 1.82) is 0 Å². The third-order valence-corrected chi connectivity index (χ3v) is 4.41. The SMILES string of the molecule is COc1cccc2c1[nH]c(=S)n2C1(C)CCCC1. The standard InChI is InChI=1S/C14H18N2OS/c1-14(8-3-4-9-14)16-10-6-5-7-11(17-2)12(10)15-13(16)18/h5-7H,3-4,8-9H2,1-2H3,(H,15,18). The molecule has 0 amide bonds. The fourth-order valence-corrected chi connectivity index (χ4v) is 3.59. The molecular formula is C14H18N2OS. The van der Waals surface area contributed by atoms with Crippen LogP contribution in [0.5, 0.6) is 5.75 Å². The highest BCUT2D eigenvalue weighted by Crippen LogP contribution is 2.39. The molecule has 1 aromatic heterocycles. The van der Waals surface area contributed by atoms with E-state index in [2.05, 4.69) is 22.5 Å². The molecule has 1 heterocycles. The third-order valence-electron chi connectivity index (χ3n) is 4.12. The molecule has 1 saturated carbocycles. The van der Waals surface area contributed by atoms with Gasteiger partial charge in [0.05, 0.1) is 12.6 Å². The Kier molecular flexibility index (Phi) is 2.70. The first-order valence-corrected chi connectivity index (χ1v) is 6.85. The molecule has 0 unspecified atom stereocenters. The van der Waals surface area contributed by atoms with E-state index in [1.165, 1.54) is 25.7 Å². The molecule has 0 aliphatic heterocycles. The van der Waals surface area contributed by atoms with Crippen LogP contribution in [0.1, 0.15) is 32.6 Å². The van der Waals surface area contributed by atoms with Crippen molar-refractivity contribution in [2.45, 2.75) is 38.1 Å². The van der Waals surface area contributed by atoms with Gasteiger partial charge in [0.25, 0.3) is 0 Å². The van der Waals surface area contributed by atoms with Gasteiger partial charge in [-0.15, -0.1) is 0 Å². The maximum atomic E-state index is 5.52. The van der Waals surface area contributed by atoms with E-state index >= 15 is 0 Å². The number of nitrogens with zero attached hydrogens (tertiary/aromatic N) is 1. The van der Waals surface area contributed by atoms with Crippen molar-refractivity contribution in [1.82, 2.24) is 9.55 Å². The van der Waals surface area contributed by atoms with Gasteiger partial charge >= 0.3 is 0 Å². The van der Waals surface area contributed by atoms with Crippen LogP contribution in [-0.2, 0) is 5.54 Å². The molecule has 0 spiro atoms. The lowest BCUT2D eigenvalue weighted by molar-refractivity contribution is 0.335. The van der Waals surface area contributed by atoms with Crippen molar-refractivity contribution in [2.24, 2.45) is 0 Å². The molecule has 1 aromatic carbocycles. The number of H-pyrrole nitrogens is 1. The summed E-state index contributed by atoms with van der Waals surface area (Å²) in [7, 11) is 1.69. The highest BCUT2D eigenvalue weighted by molar-refractivity contribution is 7.71. The van der Waals surface area contributed by atoms with Gasteiger partial charge in [0.2, 0.25) is 0 Å². The molecule has 4 heteroatoms. The number of imidazole rings is 1. The second-order valence-electron chi connectivity index (χ2n) is 5.32. The maximum Gasteiger partial charge on any atom is 0.178 e. The van der Waals surface area contributed by atoms with E-state index in [1.54, 1.807) is 7.11 Å². The number of para-hydroxylation sites is 1. The summed E-state index contributed by atoms with van der Waals surface area (Å²) in [5, 5.41) is 0. The summed E-state index contributed by atoms with van der Waals surface area (Å²) in [6.07, 6.45) is 4.97. The normalized spacial score (nSPS) is 18.3. The number of rotatable bonds is 2. The summed E-state index contributed by atoms with van der Waals surface area (Å²) in [6.45, 7) is 2.31. The van der Waals surface area contributed by atoms with Crippen molar-refractivity contribution in [3.05, 3.63) is 23.0 Å². The Morgan fingerprint density at radius 3 is 2.72 bits per heavy atom. The molecule has 3 nitrogen and oxygen atoms in total. The average Bonchev–Trinajstić information content (AvgIpc) is 2.92. The molecule has 1 N–H and O–H groups in total. The Bertz CT molecular complexity index is 635. The molecule has 2 aromatic rings. The Morgan fingerprint density at radius 1 is 1.33 bits per heavy atom. The highest BCUT2D eigenvalue weighted by Gasteiger charge is 2.32. The average molecular weight is 262 g/mol. The Balaban J connectivity index is 2.30. The zero-order valence-corrected chi connectivity index (χ0v) is 11.6. The Labute approximate surface area is 112 Å². The largest absolute Gasteiger partial charge is 0.494 e. The Hall–Kier alpha value is -1.29. The van der Waals surface area contributed by atoms with Gasteiger partial charge in [-0.05, 0) is 44.1 Å². The van der Waals surface area contributed by atoms with Crippen LogP contribution in [0.4, 0.5) is 0 Å². The zero-order valence-electron chi connectivity index (χ0n) is 10.8. The molecule has 0 saturated heterocycles. The first kappa shape index (κ1) is 11.8. The van der Waals surface area contributed by atoms with E-state index in [-0.39, 0.29) is 5.54 Å². The summed E-state index contributed by atoms with van der Waals surface area (Å²) in [5.41, 5.74) is 2.32. The minimum atomic E-state index is 0.154. The van der Waals surface area contributed by atoms with E-state index in [0.29, 0.717) is 0 Å². The summed E-state index contributed by atoms with van der Waals surface area (Å²) < 4.78 is 8.49. The summed E-state index contributed by atoms with van der Waals surface area (Å²) in [4.78, 5) is 3.30. The van der Waals surface area contributed by atoms with Crippen LogP contribution in [0, 0.1) is 4.77 Å². The predicted molar refractivity (Wildman–Crippen MR) is 75.8 cm³/mol.